The third-order valence-corrected chi connectivity index (χ3v) is 3.46. The minimum absolute atomic E-state index is 0.130. The zero-order valence-electron chi connectivity index (χ0n) is 13.7. The van der Waals surface area contributed by atoms with Crippen LogP contribution in [-0.4, -0.2) is 39.6 Å². The van der Waals surface area contributed by atoms with Crippen molar-refractivity contribution in [2.75, 3.05) is 6.54 Å². The summed E-state index contributed by atoms with van der Waals surface area (Å²) in [5.74, 6) is -0.343. The van der Waals surface area contributed by atoms with E-state index in [1.54, 1.807) is 17.3 Å². The molecule has 0 saturated carbocycles. The maximum atomic E-state index is 12.8. The molecule has 0 bridgehead atoms. The minimum atomic E-state index is -1.19. The molecule has 0 aliphatic carbocycles. The van der Waals surface area contributed by atoms with Crippen molar-refractivity contribution < 1.29 is 14.7 Å². The van der Waals surface area contributed by atoms with Gasteiger partial charge in [0.2, 0.25) is 5.91 Å². The van der Waals surface area contributed by atoms with Crippen LogP contribution in [0.5, 0.6) is 0 Å². The molecule has 23 heavy (non-hydrogen) atoms. The minimum Gasteiger partial charge on any atom is -0.465 e. The Labute approximate surface area is 137 Å². The van der Waals surface area contributed by atoms with E-state index in [9.17, 15) is 9.59 Å². The van der Waals surface area contributed by atoms with Gasteiger partial charge in [-0.05, 0) is 30.4 Å². The van der Waals surface area contributed by atoms with Crippen molar-refractivity contribution in [2.45, 2.75) is 39.3 Å². The van der Waals surface area contributed by atoms with Crippen LogP contribution in [0.25, 0.3) is 0 Å². The van der Waals surface area contributed by atoms with E-state index in [1.807, 2.05) is 32.1 Å². The lowest BCUT2D eigenvalue weighted by Gasteiger charge is -2.29. The van der Waals surface area contributed by atoms with E-state index < -0.39 is 12.1 Å². The number of nitrogens with one attached hydrogen (secondary N) is 1. The Bertz CT molecular complexity index is 517. The van der Waals surface area contributed by atoms with Crippen LogP contribution in [0.2, 0.25) is 0 Å². The van der Waals surface area contributed by atoms with Gasteiger partial charge in [-0.3, -0.25) is 9.78 Å². The number of rotatable bonds is 9. The number of carbonyl (C=O) groups excluding carboxylic acids is 1. The number of unbranched alkanes of at least 4 members (excludes halogenated alkanes) is 1. The summed E-state index contributed by atoms with van der Waals surface area (Å²) in [7, 11) is 0. The largest absolute Gasteiger partial charge is 0.465 e. The van der Waals surface area contributed by atoms with Gasteiger partial charge in [0.1, 0.15) is 6.04 Å². The predicted molar refractivity (Wildman–Crippen MR) is 88.9 cm³/mol. The van der Waals surface area contributed by atoms with Gasteiger partial charge in [0.25, 0.3) is 0 Å². The highest BCUT2D eigenvalue weighted by Gasteiger charge is 2.28. The lowest BCUT2D eigenvalue weighted by atomic mass is 10.0. The molecule has 126 valence electrons. The summed E-state index contributed by atoms with van der Waals surface area (Å²) in [6, 6.07) is 2.96. The third kappa shape index (κ3) is 6.50. The number of aromatic nitrogens is 1. The van der Waals surface area contributed by atoms with Gasteiger partial charge < -0.3 is 15.3 Å². The number of hydrogen-bond donors (Lipinski definition) is 2. The molecule has 2 N–H and O–H groups in total. The van der Waals surface area contributed by atoms with Gasteiger partial charge in [0.05, 0.1) is 0 Å². The van der Waals surface area contributed by atoms with Gasteiger partial charge in [-0.1, -0.05) is 26.0 Å². The first kappa shape index (κ1) is 18.7. The zero-order chi connectivity index (χ0) is 17.2. The molecule has 6 nitrogen and oxygen atoms in total. The summed E-state index contributed by atoms with van der Waals surface area (Å²) in [6.07, 6.45) is 5.59. The second-order valence-corrected chi connectivity index (χ2v) is 5.72. The van der Waals surface area contributed by atoms with E-state index in [4.69, 9.17) is 5.11 Å². The standard InChI is InChI=1S/C17H25N3O3/c1-4-5-6-10-20(12-14-8-7-9-18-11-14)16(21)15(13(2)3)19-17(22)23/h4,7-9,11,13,15,19H,1,5-6,10,12H2,2-3H3,(H,22,23)/t15-/m0/s1. The highest BCUT2D eigenvalue weighted by atomic mass is 16.4. The van der Waals surface area contributed by atoms with Gasteiger partial charge in [0.15, 0.2) is 0 Å². The van der Waals surface area contributed by atoms with Crippen molar-refractivity contribution in [2.24, 2.45) is 5.92 Å². The fourth-order valence-corrected chi connectivity index (χ4v) is 2.25. The molecule has 0 radical (unpaired) electrons. The lowest BCUT2D eigenvalue weighted by molar-refractivity contribution is -0.135. The second-order valence-electron chi connectivity index (χ2n) is 5.72. The van der Waals surface area contributed by atoms with Crippen LogP contribution in [0, 0.1) is 5.92 Å². The predicted octanol–water partition coefficient (Wildman–Crippen LogP) is 2.67. The molecule has 1 rings (SSSR count). The maximum absolute atomic E-state index is 12.8. The second kappa shape index (κ2) is 9.61. The quantitative estimate of drug-likeness (QED) is 0.541. The van der Waals surface area contributed by atoms with E-state index >= 15 is 0 Å². The van der Waals surface area contributed by atoms with Gasteiger partial charge in [-0.2, -0.15) is 0 Å². The topological polar surface area (TPSA) is 82.5 Å². The Balaban J connectivity index is 2.88. The van der Waals surface area contributed by atoms with Crippen LogP contribution in [0.4, 0.5) is 4.79 Å². The van der Waals surface area contributed by atoms with Gasteiger partial charge in [-0.15, -0.1) is 6.58 Å². The molecular weight excluding hydrogens is 294 g/mol. The number of amides is 2. The normalized spacial score (nSPS) is 11.8. The Kier molecular flexibility index (Phi) is 7.80. The molecule has 0 aliphatic rings. The van der Waals surface area contributed by atoms with Crippen molar-refractivity contribution in [3.05, 3.63) is 42.7 Å². The molecule has 0 saturated heterocycles. The van der Waals surface area contributed by atoms with Crippen molar-refractivity contribution in [1.29, 1.82) is 0 Å². The zero-order valence-corrected chi connectivity index (χ0v) is 13.7. The number of hydrogen-bond acceptors (Lipinski definition) is 3. The van der Waals surface area contributed by atoms with Crippen LogP contribution >= 0.6 is 0 Å². The lowest BCUT2D eigenvalue weighted by Crippen LogP contribution is -2.50. The molecular formula is C17H25N3O3. The van der Waals surface area contributed by atoms with E-state index in [2.05, 4.69) is 16.9 Å². The summed E-state index contributed by atoms with van der Waals surface area (Å²) in [4.78, 5) is 29.5. The first-order chi connectivity index (χ1) is 11.0. The summed E-state index contributed by atoms with van der Waals surface area (Å²) < 4.78 is 0. The summed E-state index contributed by atoms with van der Waals surface area (Å²) >= 11 is 0. The Morgan fingerprint density at radius 2 is 2.22 bits per heavy atom. The number of carbonyl (C=O) groups is 2. The number of carboxylic acid groups (broad SMARTS) is 1. The average molecular weight is 319 g/mol. The summed E-state index contributed by atoms with van der Waals surface area (Å²) in [5.41, 5.74) is 0.914. The van der Waals surface area contributed by atoms with E-state index in [1.165, 1.54) is 0 Å². The Hall–Kier alpha value is -2.37. The van der Waals surface area contributed by atoms with E-state index in [0.717, 1.165) is 18.4 Å². The SMILES string of the molecule is C=CCCCN(Cc1cccnc1)C(=O)[C@@H](NC(=O)O)C(C)C. The van der Waals surface area contributed by atoms with Gasteiger partial charge in [-0.25, -0.2) is 4.79 Å². The molecule has 1 atom stereocenters. The monoisotopic (exact) mass is 319 g/mol. The fraction of sp³-hybridized carbons (Fsp3) is 0.471. The van der Waals surface area contributed by atoms with Gasteiger partial charge >= 0.3 is 6.09 Å². The number of nitrogens with zero attached hydrogens (tertiary/aromatic N) is 2. The van der Waals surface area contributed by atoms with Crippen molar-refractivity contribution >= 4 is 12.0 Å². The first-order valence-corrected chi connectivity index (χ1v) is 7.73. The molecule has 1 aromatic heterocycles. The first-order valence-electron chi connectivity index (χ1n) is 7.73. The van der Waals surface area contributed by atoms with Crippen LogP contribution in [0.3, 0.4) is 0 Å². The average Bonchev–Trinajstić information content (AvgIpc) is 2.52. The smallest absolute Gasteiger partial charge is 0.405 e. The molecule has 1 heterocycles. The van der Waals surface area contributed by atoms with Crippen LogP contribution in [0.1, 0.15) is 32.3 Å². The maximum Gasteiger partial charge on any atom is 0.405 e. The van der Waals surface area contributed by atoms with Crippen molar-refractivity contribution in [1.82, 2.24) is 15.2 Å². The molecule has 0 fully saturated rings. The fourth-order valence-electron chi connectivity index (χ4n) is 2.25. The highest BCUT2D eigenvalue weighted by Crippen LogP contribution is 2.12. The van der Waals surface area contributed by atoms with Crippen LogP contribution in [-0.2, 0) is 11.3 Å². The number of allylic oxidation sites excluding steroid dienone is 1. The van der Waals surface area contributed by atoms with Crippen molar-refractivity contribution in [3.8, 4) is 0 Å². The van der Waals surface area contributed by atoms with Gasteiger partial charge in [0, 0.05) is 25.5 Å². The van der Waals surface area contributed by atoms with E-state index in [0.29, 0.717) is 13.1 Å². The molecule has 0 spiro atoms. The van der Waals surface area contributed by atoms with E-state index in [-0.39, 0.29) is 11.8 Å². The molecule has 2 amide bonds. The molecule has 1 aromatic rings. The highest BCUT2D eigenvalue weighted by molar-refractivity contribution is 5.85. The Morgan fingerprint density at radius 1 is 1.48 bits per heavy atom. The van der Waals surface area contributed by atoms with Crippen molar-refractivity contribution in [3.63, 3.8) is 0 Å². The number of pyridine rings is 1. The third-order valence-electron chi connectivity index (χ3n) is 3.46. The summed E-state index contributed by atoms with van der Waals surface area (Å²) in [6.45, 7) is 8.29. The molecule has 0 aromatic carbocycles. The molecule has 6 heteroatoms. The molecule has 0 unspecified atom stereocenters. The van der Waals surface area contributed by atoms with Crippen LogP contribution in [0.15, 0.2) is 37.2 Å². The van der Waals surface area contributed by atoms with Crippen LogP contribution < -0.4 is 5.32 Å². The molecule has 0 aliphatic heterocycles. The Morgan fingerprint density at radius 3 is 2.74 bits per heavy atom. The summed E-state index contributed by atoms with van der Waals surface area (Å²) in [5, 5.41) is 11.3.